The van der Waals surface area contributed by atoms with Gasteiger partial charge in [0.1, 0.15) is 11.8 Å². The highest BCUT2D eigenvalue weighted by molar-refractivity contribution is 5.90. The summed E-state index contributed by atoms with van der Waals surface area (Å²) in [6.07, 6.45) is 1.58. The van der Waals surface area contributed by atoms with Gasteiger partial charge < -0.3 is 30.3 Å². The molecule has 202 valence electrons. The van der Waals surface area contributed by atoms with Gasteiger partial charge in [-0.25, -0.2) is 18.4 Å². The molecule has 3 N–H and O–H groups in total. The highest BCUT2D eigenvalue weighted by Gasteiger charge is 2.34. The first-order chi connectivity index (χ1) is 18.3. The maximum Gasteiger partial charge on any atom is 0.414 e. The number of ether oxygens (including phenoxy) is 2. The van der Waals surface area contributed by atoms with E-state index in [-0.39, 0.29) is 49.9 Å². The number of nitrogens with one attached hydrogen (secondary N) is 1. The zero-order chi connectivity index (χ0) is 27.2. The average molecular weight is 530 g/mol. The highest BCUT2D eigenvalue weighted by Crippen LogP contribution is 2.31. The van der Waals surface area contributed by atoms with Crippen LogP contribution in [0.4, 0.5) is 35.4 Å². The predicted molar refractivity (Wildman–Crippen MR) is 138 cm³/mol. The van der Waals surface area contributed by atoms with Gasteiger partial charge in [0.15, 0.2) is 11.6 Å². The van der Waals surface area contributed by atoms with Gasteiger partial charge in [-0.1, -0.05) is 30.4 Å². The lowest BCUT2D eigenvalue weighted by Gasteiger charge is -2.36. The summed E-state index contributed by atoms with van der Waals surface area (Å²) >= 11 is 0. The number of piperazine rings is 1. The molecule has 0 spiro atoms. The van der Waals surface area contributed by atoms with Crippen LogP contribution < -0.4 is 20.9 Å². The Morgan fingerprint density at radius 2 is 1.84 bits per heavy atom. The molecule has 3 amide bonds. The van der Waals surface area contributed by atoms with E-state index in [0.29, 0.717) is 18.8 Å². The first-order valence-corrected chi connectivity index (χ1v) is 12.1. The number of carbonyl (C=O) groups excluding carboxylic acids is 3. The fourth-order valence-corrected chi connectivity index (χ4v) is 4.38. The van der Waals surface area contributed by atoms with Gasteiger partial charge in [0.25, 0.3) is 0 Å². The van der Waals surface area contributed by atoms with Crippen LogP contribution in [0, 0.1) is 11.6 Å². The molecule has 0 saturated carbocycles. The Balaban J connectivity index is 1.33. The van der Waals surface area contributed by atoms with E-state index in [9.17, 15) is 14.4 Å². The van der Waals surface area contributed by atoms with Crippen molar-refractivity contribution in [1.29, 1.82) is 0 Å². The van der Waals surface area contributed by atoms with E-state index < -0.39 is 29.9 Å². The van der Waals surface area contributed by atoms with E-state index in [2.05, 4.69) is 10.1 Å². The quantitative estimate of drug-likeness (QED) is 0.530. The van der Waals surface area contributed by atoms with Crippen LogP contribution in [0.2, 0.25) is 0 Å². The SMILES string of the molecule is COC(=O)NCC1CN(c2cc(F)c(N3CCN(C(=O)C/C=C/c4ccccc4N)CC3)c(F)c2)C(=O)O1. The highest BCUT2D eigenvalue weighted by atomic mass is 19.1. The van der Waals surface area contributed by atoms with Crippen molar-refractivity contribution in [2.75, 3.05) is 61.9 Å². The fourth-order valence-electron chi connectivity index (χ4n) is 4.38. The molecule has 2 aromatic rings. The molecule has 10 nitrogen and oxygen atoms in total. The van der Waals surface area contributed by atoms with E-state index in [0.717, 1.165) is 22.6 Å². The third-order valence-electron chi connectivity index (χ3n) is 6.38. The molecule has 1 atom stereocenters. The summed E-state index contributed by atoms with van der Waals surface area (Å²) in [6.45, 7) is 1.13. The molecule has 0 radical (unpaired) electrons. The third kappa shape index (κ3) is 6.13. The smallest absolute Gasteiger partial charge is 0.414 e. The number of hydrogen-bond acceptors (Lipinski definition) is 7. The normalized spacial score (nSPS) is 17.6. The molecule has 2 aromatic carbocycles. The minimum atomic E-state index is -0.827. The molecular formula is C26H29F2N5O5. The number of halogens is 2. The van der Waals surface area contributed by atoms with Crippen molar-refractivity contribution in [3.8, 4) is 0 Å². The summed E-state index contributed by atoms with van der Waals surface area (Å²) in [7, 11) is 1.20. The summed E-state index contributed by atoms with van der Waals surface area (Å²) in [5, 5.41) is 2.42. The number of carbonyl (C=O) groups is 3. The molecule has 38 heavy (non-hydrogen) atoms. The number of amides is 3. The molecule has 0 bridgehead atoms. The number of nitrogen functional groups attached to an aromatic ring is 1. The second-order valence-corrected chi connectivity index (χ2v) is 8.85. The molecule has 0 aliphatic carbocycles. The van der Waals surface area contributed by atoms with Gasteiger partial charge in [0.05, 0.1) is 25.9 Å². The van der Waals surface area contributed by atoms with Crippen LogP contribution in [0.25, 0.3) is 6.08 Å². The van der Waals surface area contributed by atoms with Crippen LogP contribution in [-0.2, 0) is 14.3 Å². The van der Waals surface area contributed by atoms with Crippen molar-refractivity contribution in [2.45, 2.75) is 12.5 Å². The predicted octanol–water partition coefficient (Wildman–Crippen LogP) is 2.98. The van der Waals surface area contributed by atoms with Gasteiger partial charge in [-0.05, 0) is 11.6 Å². The van der Waals surface area contributed by atoms with E-state index in [1.807, 2.05) is 18.2 Å². The van der Waals surface area contributed by atoms with Gasteiger partial charge >= 0.3 is 12.2 Å². The number of alkyl carbamates (subject to hydrolysis) is 1. The Morgan fingerprint density at radius 3 is 2.50 bits per heavy atom. The maximum atomic E-state index is 15.1. The molecule has 0 aromatic heterocycles. The number of cyclic esters (lactones) is 1. The first-order valence-electron chi connectivity index (χ1n) is 12.1. The third-order valence-corrected chi connectivity index (χ3v) is 6.38. The van der Waals surface area contributed by atoms with E-state index >= 15 is 8.78 Å². The van der Waals surface area contributed by atoms with Gasteiger partial charge in [-0.2, -0.15) is 0 Å². The Hall–Kier alpha value is -4.35. The largest absolute Gasteiger partial charge is 0.453 e. The number of nitrogens with two attached hydrogens (primary N) is 1. The Kier molecular flexibility index (Phi) is 8.29. The minimum Gasteiger partial charge on any atom is -0.453 e. The van der Waals surface area contributed by atoms with Crippen LogP contribution >= 0.6 is 0 Å². The number of methoxy groups -OCH3 is 1. The van der Waals surface area contributed by atoms with E-state index in [1.54, 1.807) is 28.0 Å². The van der Waals surface area contributed by atoms with Crippen molar-refractivity contribution in [3.63, 3.8) is 0 Å². The molecule has 12 heteroatoms. The summed E-state index contributed by atoms with van der Waals surface area (Å²) in [5.74, 6) is -1.74. The van der Waals surface area contributed by atoms with Gasteiger partial charge in [0, 0.05) is 50.4 Å². The second-order valence-electron chi connectivity index (χ2n) is 8.85. The van der Waals surface area contributed by atoms with Crippen LogP contribution in [0.15, 0.2) is 42.5 Å². The molecular weight excluding hydrogens is 500 g/mol. The van der Waals surface area contributed by atoms with Gasteiger partial charge in [-0.15, -0.1) is 0 Å². The van der Waals surface area contributed by atoms with Crippen LogP contribution in [-0.4, -0.2) is 75.5 Å². The molecule has 2 saturated heterocycles. The van der Waals surface area contributed by atoms with Crippen molar-refractivity contribution in [1.82, 2.24) is 10.2 Å². The summed E-state index contributed by atoms with van der Waals surface area (Å²) in [4.78, 5) is 40.4. The van der Waals surface area contributed by atoms with Gasteiger partial charge in [-0.3, -0.25) is 9.69 Å². The van der Waals surface area contributed by atoms with E-state index in [4.69, 9.17) is 10.5 Å². The maximum absolute atomic E-state index is 15.1. The van der Waals surface area contributed by atoms with Crippen molar-refractivity contribution in [2.24, 2.45) is 0 Å². The standard InChI is InChI=1S/C26H29F2N5O5/c1-37-25(35)30-15-19-16-33(26(36)38-19)18-13-20(27)24(21(28)14-18)32-11-9-31(10-12-32)23(34)8-4-6-17-5-2-3-7-22(17)29/h2-7,13-14,19H,8-12,15-16,29H2,1H3,(H,30,35)/b6-4+. The van der Waals surface area contributed by atoms with Crippen molar-refractivity contribution >= 4 is 41.2 Å². The molecule has 2 aliphatic rings. The number of benzene rings is 2. The molecule has 2 fully saturated rings. The van der Waals surface area contributed by atoms with E-state index in [1.165, 1.54) is 7.11 Å². The van der Waals surface area contributed by atoms with Crippen molar-refractivity contribution < 1.29 is 32.6 Å². The molecule has 4 rings (SSSR count). The summed E-state index contributed by atoms with van der Waals surface area (Å²) in [6, 6.07) is 9.49. The lowest BCUT2D eigenvalue weighted by molar-refractivity contribution is -0.130. The zero-order valence-corrected chi connectivity index (χ0v) is 20.9. The molecule has 2 aliphatic heterocycles. The summed E-state index contributed by atoms with van der Waals surface area (Å²) < 4.78 is 39.7. The zero-order valence-electron chi connectivity index (χ0n) is 20.9. The van der Waals surface area contributed by atoms with Crippen molar-refractivity contribution in [3.05, 3.63) is 59.7 Å². The number of nitrogens with zero attached hydrogens (tertiary/aromatic N) is 3. The number of para-hydroxylation sites is 1. The number of anilines is 3. The molecule has 1 unspecified atom stereocenters. The second kappa shape index (κ2) is 11.8. The average Bonchev–Trinajstić information content (AvgIpc) is 3.28. The lowest BCUT2D eigenvalue weighted by Crippen LogP contribution is -2.49. The molecule has 2 heterocycles. The summed E-state index contributed by atoms with van der Waals surface area (Å²) in [5.41, 5.74) is 7.15. The van der Waals surface area contributed by atoms with Gasteiger partial charge in [0.2, 0.25) is 5.91 Å². The number of hydrogen-bond donors (Lipinski definition) is 2. The number of rotatable bonds is 7. The Labute approximate surface area is 218 Å². The van der Waals surface area contributed by atoms with Crippen LogP contribution in [0.3, 0.4) is 0 Å². The topological polar surface area (TPSA) is 117 Å². The van der Waals surface area contributed by atoms with Crippen LogP contribution in [0.1, 0.15) is 12.0 Å². The monoisotopic (exact) mass is 529 g/mol. The minimum absolute atomic E-state index is 0.00291. The first kappa shape index (κ1) is 26.7. The van der Waals surface area contributed by atoms with Crippen LogP contribution in [0.5, 0.6) is 0 Å². The lowest BCUT2D eigenvalue weighted by atomic mass is 10.1. The fraction of sp³-hybridized carbons (Fsp3) is 0.346. The Morgan fingerprint density at radius 1 is 1.16 bits per heavy atom. The Bertz CT molecular complexity index is 1210.